The van der Waals surface area contributed by atoms with E-state index < -0.39 is 0 Å². The zero-order valence-corrected chi connectivity index (χ0v) is 7.39. The van der Waals surface area contributed by atoms with E-state index in [-0.39, 0.29) is 6.04 Å². The van der Waals surface area contributed by atoms with E-state index >= 15 is 0 Å². The molecule has 11 heavy (non-hydrogen) atoms. The molecule has 0 amide bonds. The van der Waals surface area contributed by atoms with Crippen molar-refractivity contribution in [3.05, 3.63) is 28.5 Å². The summed E-state index contributed by atoms with van der Waals surface area (Å²) in [5.74, 6) is 0. The van der Waals surface area contributed by atoms with Crippen molar-refractivity contribution in [3.8, 4) is 0 Å². The molecular formula is C8H11ClN2. The average molecular weight is 171 g/mol. The van der Waals surface area contributed by atoms with Crippen LogP contribution in [0.2, 0.25) is 5.15 Å². The second kappa shape index (κ2) is 3.20. The molecule has 3 heteroatoms. The van der Waals surface area contributed by atoms with E-state index in [1.807, 2.05) is 26.0 Å². The zero-order chi connectivity index (χ0) is 8.43. The van der Waals surface area contributed by atoms with E-state index in [1.165, 1.54) is 0 Å². The molecule has 0 spiro atoms. The summed E-state index contributed by atoms with van der Waals surface area (Å²) in [6.07, 6.45) is 0. The molecule has 1 rings (SSSR count). The summed E-state index contributed by atoms with van der Waals surface area (Å²) in [4.78, 5) is 4.08. The summed E-state index contributed by atoms with van der Waals surface area (Å²) < 4.78 is 0. The van der Waals surface area contributed by atoms with Gasteiger partial charge in [0.15, 0.2) is 0 Å². The smallest absolute Gasteiger partial charge is 0.134 e. The van der Waals surface area contributed by atoms with Crippen molar-refractivity contribution < 1.29 is 0 Å². The summed E-state index contributed by atoms with van der Waals surface area (Å²) in [7, 11) is 0. The maximum atomic E-state index is 5.83. The fourth-order valence-electron chi connectivity index (χ4n) is 0.875. The predicted octanol–water partition coefficient (Wildman–Crippen LogP) is 2.06. The summed E-state index contributed by atoms with van der Waals surface area (Å²) in [6.45, 7) is 3.79. The number of nitrogens with zero attached hydrogens (tertiary/aromatic N) is 1. The van der Waals surface area contributed by atoms with Crippen LogP contribution in [0.15, 0.2) is 12.1 Å². The fraction of sp³-hybridized carbons (Fsp3) is 0.375. The Hall–Kier alpha value is -0.600. The lowest BCUT2D eigenvalue weighted by Gasteiger charge is -2.06. The van der Waals surface area contributed by atoms with Crippen LogP contribution in [0.3, 0.4) is 0 Å². The Bertz CT molecular complexity index is 258. The first-order chi connectivity index (χ1) is 5.11. The Labute approximate surface area is 71.4 Å². The highest BCUT2D eigenvalue weighted by Crippen LogP contribution is 2.18. The van der Waals surface area contributed by atoms with Crippen LogP contribution >= 0.6 is 11.6 Å². The van der Waals surface area contributed by atoms with E-state index in [4.69, 9.17) is 17.3 Å². The Balaban J connectivity index is 3.09. The lowest BCUT2D eigenvalue weighted by molar-refractivity contribution is 0.810. The third-order valence-electron chi connectivity index (χ3n) is 1.51. The maximum absolute atomic E-state index is 5.83. The molecule has 1 atom stereocenters. The molecule has 0 aromatic carbocycles. The lowest BCUT2D eigenvalue weighted by atomic mass is 10.1. The van der Waals surface area contributed by atoms with Gasteiger partial charge in [-0.25, -0.2) is 4.98 Å². The molecule has 1 aromatic rings. The molecule has 1 aromatic heterocycles. The average Bonchev–Trinajstić information content (AvgIpc) is 1.85. The molecule has 2 nitrogen and oxygen atoms in total. The molecule has 0 aliphatic heterocycles. The lowest BCUT2D eigenvalue weighted by Crippen LogP contribution is -2.06. The third-order valence-corrected chi connectivity index (χ3v) is 1.81. The van der Waals surface area contributed by atoms with Gasteiger partial charge in [0, 0.05) is 17.3 Å². The van der Waals surface area contributed by atoms with Crippen LogP contribution in [0.25, 0.3) is 0 Å². The van der Waals surface area contributed by atoms with Crippen molar-refractivity contribution >= 4 is 11.6 Å². The fourth-order valence-corrected chi connectivity index (χ4v) is 1.24. The Morgan fingerprint density at radius 1 is 1.55 bits per heavy atom. The van der Waals surface area contributed by atoms with Crippen LogP contribution in [0, 0.1) is 6.92 Å². The van der Waals surface area contributed by atoms with Gasteiger partial charge >= 0.3 is 0 Å². The van der Waals surface area contributed by atoms with E-state index in [2.05, 4.69) is 4.98 Å². The molecule has 0 saturated carbocycles. The van der Waals surface area contributed by atoms with Crippen LogP contribution in [-0.2, 0) is 0 Å². The molecular weight excluding hydrogens is 160 g/mol. The molecule has 60 valence electrons. The van der Waals surface area contributed by atoms with Gasteiger partial charge in [0.05, 0.1) is 0 Å². The number of nitrogens with two attached hydrogens (primary N) is 1. The van der Waals surface area contributed by atoms with Gasteiger partial charge in [-0.15, -0.1) is 0 Å². The van der Waals surface area contributed by atoms with Crippen LogP contribution in [0.1, 0.15) is 24.2 Å². The van der Waals surface area contributed by atoms with Gasteiger partial charge in [-0.05, 0) is 19.9 Å². The highest BCUT2D eigenvalue weighted by atomic mass is 35.5. The number of hydrogen-bond donors (Lipinski definition) is 1. The molecule has 0 fully saturated rings. The van der Waals surface area contributed by atoms with Crippen LogP contribution in [-0.4, -0.2) is 4.98 Å². The van der Waals surface area contributed by atoms with Crippen molar-refractivity contribution in [3.63, 3.8) is 0 Å². The SMILES string of the molecule is Cc1ccc(C(C)N)c(Cl)n1. The summed E-state index contributed by atoms with van der Waals surface area (Å²) in [5, 5.41) is 0.514. The molecule has 1 unspecified atom stereocenters. The second-order valence-electron chi connectivity index (χ2n) is 2.62. The summed E-state index contributed by atoms with van der Waals surface area (Å²) in [5.41, 5.74) is 7.46. The molecule has 0 aliphatic rings. The minimum atomic E-state index is -0.0457. The Kier molecular flexibility index (Phi) is 2.47. The van der Waals surface area contributed by atoms with E-state index in [9.17, 15) is 0 Å². The minimum absolute atomic E-state index is 0.0457. The predicted molar refractivity (Wildman–Crippen MR) is 46.6 cm³/mol. The van der Waals surface area contributed by atoms with Crippen molar-refractivity contribution in [1.29, 1.82) is 0 Å². The molecule has 0 aliphatic carbocycles. The Morgan fingerprint density at radius 2 is 2.18 bits per heavy atom. The van der Waals surface area contributed by atoms with Gasteiger partial charge in [0.25, 0.3) is 0 Å². The largest absolute Gasteiger partial charge is 0.324 e. The van der Waals surface area contributed by atoms with Crippen molar-refractivity contribution in [1.82, 2.24) is 4.98 Å². The zero-order valence-electron chi connectivity index (χ0n) is 6.63. The number of hydrogen-bond acceptors (Lipinski definition) is 2. The maximum Gasteiger partial charge on any atom is 0.134 e. The highest BCUT2D eigenvalue weighted by molar-refractivity contribution is 6.30. The summed E-state index contributed by atoms with van der Waals surface area (Å²) >= 11 is 5.83. The van der Waals surface area contributed by atoms with Gasteiger partial charge in [0.2, 0.25) is 0 Å². The number of pyridine rings is 1. The molecule has 0 radical (unpaired) electrons. The molecule has 2 N–H and O–H groups in total. The number of aromatic nitrogens is 1. The van der Waals surface area contributed by atoms with Crippen LogP contribution in [0.5, 0.6) is 0 Å². The first-order valence-electron chi connectivity index (χ1n) is 3.50. The van der Waals surface area contributed by atoms with Crippen LogP contribution in [0.4, 0.5) is 0 Å². The standard InChI is InChI=1S/C8H11ClN2/c1-5-3-4-7(6(2)10)8(9)11-5/h3-4,6H,10H2,1-2H3. The van der Waals surface area contributed by atoms with E-state index in [0.717, 1.165) is 11.3 Å². The number of rotatable bonds is 1. The summed E-state index contributed by atoms with van der Waals surface area (Å²) in [6, 6.07) is 3.77. The van der Waals surface area contributed by atoms with Gasteiger partial charge < -0.3 is 5.73 Å². The molecule has 0 saturated heterocycles. The minimum Gasteiger partial charge on any atom is -0.324 e. The normalized spacial score (nSPS) is 13.1. The van der Waals surface area contributed by atoms with Crippen molar-refractivity contribution in [2.24, 2.45) is 5.73 Å². The van der Waals surface area contributed by atoms with Crippen molar-refractivity contribution in [2.75, 3.05) is 0 Å². The van der Waals surface area contributed by atoms with Gasteiger partial charge in [0.1, 0.15) is 5.15 Å². The third kappa shape index (κ3) is 1.91. The topological polar surface area (TPSA) is 38.9 Å². The number of aryl methyl sites for hydroxylation is 1. The molecule has 0 bridgehead atoms. The van der Waals surface area contributed by atoms with Gasteiger partial charge in [-0.1, -0.05) is 17.7 Å². The molecule has 1 heterocycles. The van der Waals surface area contributed by atoms with E-state index in [1.54, 1.807) is 0 Å². The first-order valence-corrected chi connectivity index (χ1v) is 3.87. The second-order valence-corrected chi connectivity index (χ2v) is 2.98. The number of halogens is 1. The van der Waals surface area contributed by atoms with E-state index in [0.29, 0.717) is 5.15 Å². The quantitative estimate of drug-likeness (QED) is 0.656. The Morgan fingerprint density at radius 3 is 2.64 bits per heavy atom. The van der Waals surface area contributed by atoms with Gasteiger partial charge in [-0.2, -0.15) is 0 Å². The van der Waals surface area contributed by atoms with Crippen molar-refractivity contribution in [2.45, 2.75) is 19.9 Å². The first kappa shape index (κ1) is 8.50. The van der Waals surface area contributed by atoms with Crippen LogP contribution < -0.4 is 5.73 Å². The van der Waals surface area contributed by atoms with Gasteiger partial charge in [-0.3, -0.25) is 0 Å². The highest BCUT2D eigenvalue weighted by Gasteiger charge is 2.05. The monoisotopic (exact) mass is 170 g/mol.